The average Bonchev–Trinajstić information content (AvgIpc) is 1.83. The molecule has 0 saturated heterocycles. The Bertz CT molecular complexity index is 239. The predicted octanol–water partition coefficient (Wildman–Crippen LogP) is 1.89. The maximum Gasteiger partial charge on any atom is 0.216 e. The number of sulfonamides is 1. The summed E-state index contributed by atoms with van der Waals surface area (Å²) < 4.78 is 25.2. The van der Waals surface area contributed by atoms with Crippen LogP contribution in [0.15, 0.2) is 0 Å². The minimum atomic E-state index is -3.17. The van der Waals surface area contributed by atoms with E-state index in [0.29, 0.717) is 0 Å². The first-order chi connectivity index (χ1) is 5.70. The summed E-state index contributed by atoms with van der Waals surface area (Å²) in [6, 6.07) is 0.0363. The van der Waals surface area contributed by atoms with Gasteiger partial charge in [-0.15, -0.1) is 0 Å². The van der Waals surface area contributed by atoms with Crippen LogP contribution < -0.4 is 4.72 Å². The van der Waals surface area contributed by atoms with Crippen LogP contribution in [0.1, 0.15) is 47.5 Å². The summed E-state index contributed by atoms with van der Waals surface area (Å²) >= 11 is 0. The zero-order valence-electron chi connectivity index (χ0n) is 9.22. The number of nitrogens with one attached hydrogen (secondary N) is 1. The fourth-order valence-corrected chi connectivity index (χ4v) is 1.93. The van der Waals surface area contributed by atoms with Gasteiger partial charge in [0.05, 0.1) is 4.75 Å². The van der Waals surface area contributed by atoms with Gasteiger partial charge in [0.2, 0.25) is 10.0 Å². The molecule has 80 valence electrons. The Morgan fingerprint density at radius 2 is 1.77 bits per heavy atom. The monoisotopic (exact) mass is 207 g/mol. The van der Waals surface area contributed by atoms with Gasteiger partial charge in [-0.1, -0.05) is 13.3 Å². The van der Waals surface area contributed by atoms with Gasteiger partial charge in [0.15, 0.2) is 0 Å². The lowest BCUT2D eigenvalue weighted by molar-refractivity contribution is 0.516. The minimum absolute atomic E-state index is 0.0363. The summed E-state index contributed by atoms with van der Waals surface area (Å²) in [6.45, 7) is 9.05. The van der Waals surface area contributed by atoms with E-state index in [1.165, 1.54) is 0 Å². The molecule has 0 radical (unpaired) electrons. The largest absolute Gasteiger partial charge is 0.216 e. The molecule has 0 bridgehead atoms. The fourth-order valence-electron chi connectivity index (χ4n) is 0.934. The number of rotatable bonds is 4. The van der Waals surface area contributed by atoms with Gasteiger partial charge >= 0.3 is 0 Å². The normalized spacial score (nSPS) is 15.8. The van der Waals surface area contributed by atoms with Crippen molar-refractivity contribution < 1.29 is 8.42 Å². The van der Waals surface area contributed by atoms with Crippen molar-refractivity contribution in [2.75, 3.05) is 0 Å². The van der Waals surface area contributed by atoms with Crippen LogP contribution in [-0.2, 0) is 10.0 Å². The lowest BCUT2D eigenvalue weighted by Gasteiger charge is -2.22. The van der Waals surface area contributed by atoms with Crippen LogP contribution in [0.2, 0.25) is 0 Å². The van der Waals surface area contributed by atoms with E-state index in [1.807, 2.05) is 13.8 Å². The first-order valence-electron chi connectivity index (χ1n) is 4.72. The Balaban J connectivity index is 4.36. The summed E-state index contributed by atoms with van der Waals surface area (Å²) in [5.74, 6) is 0. The van der Waals surface area contributed by atoms with Crippen LogP contribution in [0.25, 0.3) is 0 Å². The van der Waals surface area contributed by atoms with E-state index < -0.39 is 14.8 Å². The van der Waals surface area contributed by atoms with E-state index in [2.05, 4.69) is 4.72 Å². The van der Waals surface area contributed by atoms with Crippen LogP contribution in [-0.4, -0.2) is 19.2 Å². The van der Waals surface area contributed by atoms with Gasteiger partial charge in [0.1, 0.15) is 0 Å². The summed E-state index contributed by atoms with van der Waals surface area (Å²) in [5, 5.41) is 0. The molecule has 1 atom stereocenters. The lowest BCUT2D eigenvalue weighted by Crippen LogP contribution is -2.43. The molecule has 0 fully saturated rings. The van der Waals surface area contributed by atoms with Crippen molar-refractivity contribution in [2.24, 2.45) is 0 Å². The van der Waals surface area contributed by atoms with E-state index in [-0.39, 0.29) is 6.04 Å². The molecule has 0 aliphatic heterocycles. The first-order valence-corrected chi connectivity index (χ1v) is 6.21. The highest BCUT2D eigenvalue weighted by molar-refractivity contribution is 7.90. The van der Waals surface area contributed by atoms with E-state index in [1.54, 1.807) is 20.8 Å². The zero-order chi connectivity index (χ0) is 10.7. The predicted molar refractivity (Wildman–Crippen MR) is 56.2 cm³/mol. The maximum atomic E-state index is 11.6. The van der Waals surface area contributed by atoms with Crippen LogP contribution >= 0.6 is 0 Å². The van der Waals surface area contributed by atoms with E-state index in [9.17, 15) is 8.42 Å². The van der Waals surface area contributed by atoms with Crippen molar-refractivity contribution in [1.29, 1.82) is 0 Å². The molecule has 13 heavy (non-hydrogen) atoms. The van der Waals surface area contributed by atoms with Crippen molar-refractivity contribution in [3.8, 4) is 0 Å². The fraction of sp³-hybridized carbons (Fsp3) is 1.00. The second-order valence-electron chi connectivity index (χ2n) is 4.42. The summed E-state index contributed by atoms with van der Waals surface area (Å²) in [5.41, 5.74) is 0. The van der Waals surface area contributed by atoms with E-state index in [4.69, 9.17) is 0 Å². The molecule has 0 aromatic carbocycles. The quantitative estimate of drug-likeness (QED) is 0.765. The Morgan fingerprint density at radius 3 is 2.08 bits per heavy atom. The highest BCUT2D eigenvalue weighted by Gasteiger charge is 2.29. The number of hydrogen-bond acceptors (Lipinski definition) is 2. The van der Waals surface area contributed by atoms with Gasteiger partial charge in [0.25, 0.3) is 0 Å². The molecule has 3 nitrogen and oxygen atoms in total. The van der Waals surface area contributed by atoms with Crippen LogP contribution in [0.4, 0.5) is 0 Å². The smallest absolute Gasteiger partial charge is 0.212 e. The summed E-state index contributed by atoms with van der Waals surface area (Å²) in [6.07, 6.45) is 1.88. The molecular weight excluding hydrogens is 186 g/mol. The SMILES string of the molecule is CCC[C@H](C)NS(=O)(=O)C(C)(C)C. The van der Waals surface area contributed by atoms with Crippen molar-refractivity contribution in [3.05, 3.63) is 0 Å². The van der Waals surface area contributed by atoms with E-state index in [0.717, 1.165) is 12.8 Å². The molecule has 0 aromatic heterocycles. The molecule has 0 amide bonds. The Hall–Kier alpha value is -0.0900. The molecule has 0 rings (SSSR count). The van der Waals surface area contributed by atoms with E-state index >= 15 is 0 Å². The maximum absolute atomic E-state index is 11.6. The summed E-state index contributed by atoms with van der Waals surface area (Å²) in [7, 11) is -3.17. The van der Waals surface area contributed by atoms with Crippen molar-refractivity contribution >= 4 is 10.0 Å². The third kappa shape index (κ3) is 4.09. The first kappa shape index (κ1) is 12.9. The van der Waals surface area contributed by atoms with Crippen molar-refractivity contribution in [2.45, 2.75) is 58.2 Å². The Labute approximate surface area is 82.0 Å². The van der Waals surface area contributed by atoms with Gasteiger partial charge in [-0.05, 0) is 34.1 Å². The highest BCUT2D eigenvalue weighted by atomic mass is 32.2. The van der Waals surface area contributed by atoms with Crippen molar-refractivity contribution in [1.82, 2.24) is 4.72 Å². The Kier molecular flexibility index (Phi) is 4.39. The molecule has 0 unspecified atom stereocenters. The van der Waals surface area contributed by atoms with Gasteiger partial charge < -0.3 is 0 Å². The molecule has 0 spiro atoms. The van der Waals surface area contributed by atoms with Gasteiger partial charge in [0, 0.05) is 6.04 Å². The molecule has 0 aliphatic rings. The molecular formula is C9H21NO2S. The second-order valence-corrected chi connectivity index (χ2v) is 6.89. The molecule has 0 saturated carbocycles. The standard InChI is InChI=1S/C9H21NO2S/c1-6-7-8(2)10-13(11,12)9(3,4)5/h8,10H,6-7H2,1-5H3/t8-/m0/s1. The molecule has 4 heteroatoms. The molecule has 0 heterocycles. The van der Waals surface area contributed by atoms with Gasteiger partial charge in [-0.2, -0.15) is 0 Å². The van der Waals surface area contributed by atoms with Crippen LogP contribution in [0, 0.1) is 0 Å². The molecule has 1 N–H and O–H groups in total. The lowest BCUT2D eigenvalue weighted by atomic mass is 10.2. The third-order valence-corrected chi connectivity index (χ3v) is 4.21. The third-order valence-electron chi connectivity index (χ3n) is 1.88. The molecule has 0 aromatic rings. The number of hydrogen-bond donors (Lipinski definition) is 1. The van der Waals surface area contributed by atoms with Gasteiger partial charge in [-0.3, -0.25) is 0 Å². The second kappa shape index (κ2) is 4.42. The molecule has 0 aliphatic carbocycles. The zero-order valence-corrected chi connectivity index (χ0v) is 10.0. The van der Waals surface area contributed by atoms with Crippen LogP contribution in [0.5, 0.6) is 0 Å². The van der Waals surface area contributed by atoms with Crippen molar-refractivity contribution in [3.63, 3.8) is 0 Å². The van der Waals surface area contributed by atoms with Crippen LogP contribution in [0.3, 0.4) is 0 Å². The Morgan fingerprint density at radius 1 is 1.31 bits per heavy atom. The minimum Gasteiger partial charge on any atom is -0.212 e. The van der Waals surface area contributed by atoms with Gasteiger partial charge in [-0.25, -0.2) is 13.1 Å². The highest BCUT2D eigenvalue weighted by Crippen LogP contribution is 2.14. The topological polar surface area (TPSA) is 46.2 Å². The summed E-state index contributed by atoms with van der Waals surface area (Å²) in [4.78, 5) is 0. The average molecular weight is 207 g/mol.